The number of methoxy groups -OCH3 is 1. The zero-order chi connectivity index (χ0) is 27.2. The maximum atomic E-state index is 12.9. The number of halogens is 1. The van der Waals surface area contributed by atoms with Crippen LogP contribution in [0, 0.1) is 0 Å². The molecule has 0 saturated carbocycles. The minimum Gasteiger partial charge on any atom is -0.497 e. The molecule has 7 heteroatoms. The van der Waals surface area contributed by atoms with E-state index < -0.39 is 0 Å². The van der Waals surface area contributed by atoms with Crippen LogP contribution in [0.15, 0.2) is 85.1 Å². The van der Waals surface area contributed by atoms with Crippen molar-refractivity contribution in [3.8, 4) is 5.75 Å². The van der Waals surface area contributed by atoms with Crippen LogP contribution in [0.4, 0.5) is 0 Å². The Hall–Kier alpha value is -3.45. The van der Waals surface area contributed by atoms with Crippen molar-refractivity contribution in [1.82, 2.24) is 19.7 Å². The van der Waals surface area contributed by atoms with Crippen LogP contribution in [0.25, 0.3) is 10.9 Å². The van der Waals surface area contributed by atoms with Crippen LogP contribution in [0.3, 0.4) is 0 Å². The molecule has 1 saturated heterocycles. The fourth-order valence-electron chi connectivity index (χ4n) is 5.61. The van der Waals surface area contributed by atoms with Crippen molar-refractivity contribution >= 4 is 29.2 Å². The summed E-state index contributed by atoms with van der Waals surface area (Å²) in [4.78, 5) is 24.7. The number of hydrogen-bond acceptors (Lipinski definition) is 5. The van der Waals surface area contributed by atoms with Gasteiger partial charge in [0.25, 0.3) is 5.91 Å². The van der Waals surface area contributed by atoms with Crippen molar-refractivity contribution < 1.29 is 9.53 Å². The Morgan fingerprint density at radius 1 is 0.900 bits per heavy atom. The number of carbonyl (C=O) groups excluding carboxylic acids is 1. The second-order valence-corrected chi connectivity index (χ2v) is 10.1. The lowest BCUT2D eigenvalue weighted by molar-refractivity contribution is 0.0773. The molecular formula is C33H39ClN4O2. The largest absolute Gasteiger partial charge is 0.497 e. The Morgan fingerprint density at radius 2 is 1.57 bits per heavy atom. The van der Waals surface area contributed by atoms with Gasteiger partial charge in [-0.05, 0) is 55.3 Å². The lowest BCUT2D eigenvalue weighted by Crippen LogP contribution is -2.47. The average molecular weight is 559 g/mol. The van der Waals surface area contributed by atoms with E-state index in [9.17, 15) is 4.79 Å². The second kappa shape index (κ2) is 13.8. The summed E-state index contributed by atoms with van der Waals surface area (Å²) in [6, 6.07) is 27.2. The predicted molar refractivity (Wildman–Crippen MR) is 164 cm³/mol. The molecule has 1 aliphatic rings. The zero-order valence-corrected chi connectivity index (χ0v) is 24.4. The third-order valence-electron chi connectivity index (χ3n) is 7.82. The Kier molecular flexibility index (Phi) is 10.2. The van der Waals surface area contributed by atoms with Gasteiger partial charge in [-0.2, -0.15) is 0 Å². The molecule has 0 spiro atoms. The van der Waals surface area contributed by atoms with Gasteiger partial charge in [0.05, 0.1) is 18.7 Å². The fraction of sp³-hybridized carbons (Fsp3) is 0.333. The van der Waals surface area contributed by atoms with E-state index >= 15 is 0 Å². The number of pyridine rings is 1. The third-order valence-corrected chi connectivity index (χ3v) is 7.82. The third kappa shape index (κ3) is 6.47. The fourth-order valence-corrected chi connectivity index (χ4v) is 5.61. The molecule has 3 aromatic carbocycles. The van der Waals surface area contributed by atoms with Crippen molar-refractivity contribution in [2.75, 3.05) is 46.4 Å². The van der Waals surface area contributed by atoms with E-state index in [0.717, 1.165) is 54.9 Å². The molecule has 1 amide bonds. The standard InChI is InChI=1S/C33H38N4O2.ClH/c1-4-36(5-2)33(38)28-15-13-27(14-16-28)32(30-10-6-8-26-9-7-19-34-31(26)30)37-22-20-35(21-23-37)24-25-11-17-29(39-3)18-12-25;/h6-19,32H,4-5,20-24H2,1-3H3;1H. The van der Waals surface area contributed by atoms with Crippen molar-refractivity contribution in [3.63, 3.8) is 0 Å². The first kappa shape index (κ1) is 29.5. The molecule has 2 heterocycles. The van der Waals surface area contributed by atoms with E-state index in [1.165, 1.54) is 16.7 Å². The predicted octanol–water partition coefficient (Wildman–Crippen LogP) is 6.05. The Balaban J connectivity index is 0.00000370. The summed E-state index contributed by atoms with van der Waals surface area (Å²) >= 11 is 0. The number of aromatic nitrogens is 1. The van der Waals surface area contributed by atoms with Gasteiger partial charge in [-0.15, -0.1) is 12.4 Å². The van der Waals surface area contributed by atoms with Crippen LogP contribution in [-0.2, 0) is 6.54 Å². The van der Waals surface area contributed by atoms with E-state index in [1.54, 1.807) is 7.11 Å². The number of piperazine rings is 1. The van der Waals surface area contributed by atoms with Crippen LogP contribution in [-0.4, -0.2) is 72.0 Å². The van der Waals surface area contributed by atoms with Crippen molar-refractivity contribution in [2.45, 2.75) is 26.4 Å². The summed E-state index contributed by atoms with van der Waals surface area (Å²) in [5, 5.41) is 1.14. The van der Waals surface area contributed by atoms with E-state index in [0.29, 0.717) is 13.1 Å². The maximum Gasteiger partial charge on any atom is 0.253 e. The Bertz CT molecular complexity index is 1380. The minimum atomic E-state index is 0. The van der Waals surface area contributed by atoms with E-state index in [4.69, 9.17) is 9.72 Å². The molecule has 1 unspecified atom stereocenters. The van der Waals surface area contributed by atoms with Gasteiger partial charge in [0.15, 0.2) is 0 Å². The number of ether oxygens (including phenoxy) is 1. The molecule has 0 aliphatic carbocycles. The van der Waals surface area contributed by atoms with Gasteiger partial charge < -0.3 is 9.64 Å². The molecule has 1 fully saturated rings. The summed E-state index contributed by atoms with van der Waals surface area (Å²) in [5.74, 6) is 0.974. The van der Waals surface area contributed by atoms with Gasteiger partial charge in [-0.1, -0.05) is 48.5 Å². The van der Waals surface area contributed by atoms with Crippen LogP contribution in [0.2, 0.25) is 0 Å². The van der Waals surface area contributed by atoms with Gasteiger partial charge in [0.1, 0.15) is 5.75 Å². The van der Waals surface area contributed by atoms with Crippen molar-refractivity contribution in [3.05, 3.63) is 107 Å². The second-order valence-electron chi connectivity index (χ2n) is 10.1. The van der Waals surface area contributed by atoms with Gasteiger partial charge in [0.2, 0.25) is 0 Å². The zero-order valence-electron chi connectivity index (χ0n) is 23.6. The highest BCUT2D eigenvalue weighted by Gasteiger charge is 2.28. The first-order valence-electron chi connectivity index (χ1n) is 13.9. The van der Waals surface area contributed by atoms with E-state index in [-0.39, 0.29) is 24.4 Å². The number of benzene rings is 3. The van der Waals surface area contributed by atoms with Crippen molar-refractivity contribution in [1.29, 1.82) is 0 Å². The molecule has 6 nitrogen and oxygen atoms in total. The van der Waals surface area contributed by atoms with Crippen LogP contribution < -0.4 is 4.74 Å². The lowest BCUT2D eigenvalue weighted by Gasteiger charge is -2.40. The molecule has 0 radical (unpaired) electrons. The summed E-state index contributed by atoms with van der Waals surface area (Å²) in [6.45, 7) is 10.3. The molecular weight excluding hydrogens is 520 g/mol. The van der Waals surface area contributed by atoms with E-state index in [1.807, 2.05) is 55.3 Å². The number of para-hydroxylation sites is 1. The van der Waals surface area contributed by atoms with Gasteiger partial charge >= 0.3 is 0 Å². The first-order chi connectivity index (χ1) is 19.1. The number of carbonyl (C=O) groups is 1. The van der Waals surface area contributed by atoms with Crippen LogP contribution >= 0.6 is 12.4 Å². The maximum absolute atomic E-state index is 12.9. The van der Waals surface area contributed by atoms with Gasteiger partial charge in [-0.3, -0.25) is 19.6 Å². The summed E-state index contributed by atoms with van der Waals surface area (Å²) in [6.07, 6.45) is 1.88. The van der Waals surface area contributed by atoms with Gasteiger partial charge in [0, 0.05) is 68.5 Å². The molecule has 5 rings (SSSR count). The number of rotatable bonds is 9. The van der Waals surface area contributed by atoms with Crippen molar-refractivity contribution in [2.24, 2.45) is 0 Å². The van der Waals surface area contributed by atoms with Crippen LogP contribution in [0.5, 0.6) is 5.75 Å². The van der Waals surface area contributed by atoms with E-state index in [2.05, 4.69) is 58.3 Å². The molecule has 0 bridgehead atoms. The number of amides is 1. The molecule has 40 heavy (non-hydrogen) atoms. The van der Waals surface area contributed by atoms with Gasteiger partial charge in [-0.25, -0.2) is 0 Å². The molecule has 4 aromatic rings. The average Bonchev–Trinajstić information content (AvgIpc) is 2.99. The number of hydrogen-bond donors (Lipinski definition) is 0. The molecule has 1 aliphatic heterocycles. The highest BCUT2D eigenvalue weighted by molar-refractivity contribution is 5.94. The smallest absolute Gasteiger partial charge is 0.253 e. The monoisotopic (exact) mass is 558 g/mol. The molecule has 0 N–H and O–H groups in total. The summed E-state index contributed by atoms with van der Waals surface area (Å²) in [7, 11) is 1.70. The molecule has 210 valence electrons. The minimum absolute atomic E-state index is 0. The Labute approximate surface area is 244 Å². The number of fused-ring (bicyclic) bond motifs is 1. The summed E-state index contributed by atoms with van der Waals surface area (Å²) in [5.41, 5.74) is 5.47. The first-order valence-corrected chi connectivity index (χ1v) is 13.9. The Morgan fingerprint density at radius 3 is 2.23 bits per heavy atom. The molecule has 1 atom stereocenters. The number of nitrogens with zero attached hydrogens (tertiary/aromatic N) is 4. The highest BCUT2D eigenvalue weighted by atomic mass is 35.5. The normalized spacial score (nSPS) is 14.9. The summed E-state index contributed by atoms with van der Waals surface area (Å²) < 4.78 is 5.31. The SMILES string of the molecule is CCN(CC)C(=O)c1ccc(C(c2cccc3cccnc23)N2CCN(Cc3ccc(OC)cc3)CC2)cc1.Cl. The highest BCUT2D eigenvalue weighted by Crippen LogP contribution is 2.34. The lowest BCUT2D eigenvalue weighted by atomic mass is 9.93. The topological polar surface area (TPSA) is 48.9 Å². The molecule has 1 aromatic heterocycles. The quantitative estimate of drug-likeness (QED) is 0.250. The van der Waals surface area contributed by atoms with Crippen LogP contribution in [0.1, 0.15) is 46.9 Å².